The Morgan fingerprint density at radius 3 is 2.17 bits per heavy atom. The average molecular weight is 347 g/mol. The highest BCUT2D eigenvalue weighted by Crippen LogP contribution is 2.36. The van der Waals surface area contributed by atoms with Crippen LogP contribution in [0, 0.1) is 0 Å². The van der Waals surface area contributed by atoms with E-state index in [1.807, 2.05) is 5.32 Å². The van der Waals surface area contributed by atoms with E-state index in [-0.39, 0.29) is 22.2 Å². The third-order valence-electron chi connectivity index (χ3n) is 2.70. The molecule has 122 valence electrons. The van der Waals surface area contributed by atoms with Gasteiger partial charge in [0.1, 0.15) is 11.5 Å². The molecule has 5 nitrogen and oxygen atoms in total. The molecule has 4 N–H and O–H groups in total. The lowest BCUT2D eigenvalue weighted by Crippen LogP contribution is -2.21. The van der Waals surface area contributed by atoms with Gasteiger partial charge in [-0.15, -0.1) is 0 Å². The summed E-state index contributed by atoms with van der Waals surface area (Å²) in [4.78, 5) is 11.8. The Morgan fingerprint density at radius 2 is 1.61 bits per heavy atom. The van der Waals surface area contributed by atoms with Gasteiger partial charge in [-0.1, -0.05) is 11.6 Å². The first-order valence-electron chi connectivity index (χ1n) is 6.13. The summed E-state index contributed by atoms with van der Waals surface area (Å²) in [5.41, 5.74) is -1.58. The maximum atomic E-state index is 12.9. The van der Waals surface area contributed by atoms with E-state index in [9.17, 15) is 28.2 Å². The summed E-state index contributed by atoms with van der Waals surface area (Å²) >= 11 is 5.54. The fraction of sp³-hybridized carbons (Fsp3) is 0.0714. The Kier molecular flexibility index (Phi) is 4.55. The van der Waals surface area contributed by atoms with Crippen LogP contribution < -0.4 is 10.6 Å². The Balaban J connectivity index is 2.20. The molecule has 2 aromatic rings. The number of carbonyl (C=O) groups is 1. The van der Waals surface area contributed by atoms with Crippen LogP contribution in [0.3, 0.4) is 0 Å². The van der Waals surface area contributed by atoms with Gasteiger partial charge in [-0.2, -0.15) is 13.2 Å². The van der Waals surface area contributed by atoms with Crippen molar-refractivity contribution in [2.45, 2.75) is 6.18 Å². The predicted octanol–water partition coefficient (Wildman–Crippen LogP) is 4.41. The third kappa shape index (κ3) is 4.43. The van der Waals surface area contributed by atoms with Crippen LogP contribution in [0.1, 0.15) is 5.56 Å². The van der Waals surface area contributed by atoms with Crippen molar-refractivity contribution in [3.8, 4) is 11.5 Å². The number of nitrogens with one attached hydrogen (secondary N) is 2. The van der Waals surface area contributed by atoms with E-state index >= 15 is 0 Å². The molecule has 0 aliphatic rings. The molecule has 23 heavy (non-hydrogen) atoms. The second kappa shape index (κ2) is 6.25. The van der Waals surface area contributed by atoms with Crippen LogP contribution in [0.2, 0.25) is 5.02 Å². The fourth-order valence-electron chi connectivity index (χ4n) is 1.81. The summed E-state index contributed by atoms with van der Waals surface area (Å²) in [5.74, 6) is -0.634. The molecule has 0 radical (unpaired) electrons. The molecular weight excluding hydrogens is 337 g/mol. The van der Waals surface area contributed by atoms with Gasteiger partial charge in [-0.25, -0.2) is 4.79 Å². The number of anilines is 2. The van der Waals surface area contributed by atoms with E-state index in [4.69, 9.17) is 11.6 Å². The van der Waals surface area contributed by atoms with Crippen LogP contribution in [-0.2, 0) is 6.18 Å². The maximum Gasteiger partial charge on any atom is 0.418 e. The number of carbonyl (C=O) groups excluding carboxylic acids is 1. The van der Waals surface area contributed by atoms with Crippen molar-refractivity contribution < 1.29 is 28.2 Å². The number of alkyl halides is 3. The van der Waals surface area contributed by atoms with Gasteiger partial charge in [-0.05, 0) is 18.2 Å². The Morgan fingerprint density at radius 1 is 1.00 bits per heavy atom. The molecule has 2 rings (SSSR count). The molecule has 0 aliphatic heterocycles. The first-order valence-corrected chi connectivity index (χ1v) is 6.51. The molecule has 0 saturated carbocycles. The van der Waals surface area contributed by atoms with E-state index in [2.05, 4.69) is 5.32 Å². The van der Waals surface area contributed by atoms with Gasteiger partial charge < -0.3 is 20.8 Å². The quantitative estimate of drug-likeness (QED) is 0.650. The van der Waals surface area contributed by atoms with Crippen LogP contribution in [-0.4, -0.2) is 16.2 Å². The topological polar surface area (TPSA) is 81.6 Å². The predicted molar refractivity (Wildman–Crippen MR) is 78.9 cm³/mol. The lowest BCUT2D eigenvalue weighted by atomic mass is 10.1. The summed E-state index contributed by atoms with van der Waals surface area (Å²) in [6.45, 7) is 0. The van der Waals surface area contributed by atoms with Crippen molar-refractivity contribution in [3.05, 3.63) is 47.0 Å². The third-order valence-corrected chi connectivity index (χ3v) is 2.93. The van der Waals surface area contributed by atoms with Gasteiger partial charge in [0.05, 0.1) is 11.3 Å². The van der Waals surface area contributed by atoms with E-state index < -0.39 is 23.5 Å². The minimum atomic E-state index is -4.70. The molecule has 2 amide bonds. The van der Waals surface area contributed by atoms with Gasteiger partial charge in [0, 0.05) is 28.9 Å². The van der Waals surface area contributed by atoms with E-state index in [1.54, 1.807) is 0 Å². The zero-order valence-corrected chi connectivity index (χ0v) is 12.0. The Hall–Kier alpha value is -2.61. The number of phenols is 2. The first-order chi connectivity index (χ1) is 10.6. The Bertz CT molecular complexity index is 730. The van der Waals surface area contributed by atoms with Crippen LogP contribution in [0.4, 0.5) is 29.3 Å². The zero-order chi connectivity index (χ0) is 17.2. The second-order valence-electron chi connectivity index (χ2n) is 4.50. The summed E-state index contributed by atoms with van der Waals surface area (Å²) in [6, 6.07) is 5.19. The molecule has 2 aromatic carbocycles. The first kappa shape index (κ1) is 16.8. The average Bonchev–Trinajstić information content (AvgIpc) is 2.38. The molecule has 0 unspecified atom stereocenters. The highest BCUT2D eigenvalue weighted by Gasteiger charge is 2.34. The van der Waals surface area contributed by atoms with Crippen molar-refractivity contribution in [2.24, 2.45) is 0 Å². The lowest BCUT2D eigenvalue weighted by molar-refractivity contribution is -0.136. The zero-order valence-electron chi connectivity index (χ0n) is 11.3. The van der Waals surface area contributed by atoms with Crippen molar-refractivity contribution >= 4 is 29.0 Å². The van der Waals surface area contributed by atoms with Crippen LogP contribution in [0.25, 0.3) is 0 Å². The van der Waals surface area contributed by atoms with E-state index in [1.165, 1.54) is 6.07 Å². The number of aromatic hydroxyl groups is 2. The van der Waals surface area contributed by atoms with Crippen LogP contribution >= 0.6 is 11.6 Å². The number of phenolic OH excluding ortho intramolecular Hbond substituents is 2. The normalized spacial score (nSPS) is 11.1. The van der Waals surface area contributed by atoms with Crippen molar-refractivity contribution in [3.63, 3.8) is 0 Å². The monoisotopic (exact) mass is 346 g/mol. The van der Waals surface area contributed by atoms with Crippen molar-refractivity contribution in [2.75, 3.05) is 10.6 Å². The minimum absolute atomic E-state index is 0.00234. The molecule has 0 aliphatic carbocycles. The molecule has 0 spiro atoms. The molecule has 0 aromatic heterocycles. The van der Waals surface area contributed by atoms with Gasteiger partial charge in [0.25, 0.3) is 0 Å². The number of urea groups is 1. The van der Waals surface area contributed by atoms with Crippen LogP contribution in [0.5, 0.6) is 11.5 Å². The second-order valence-corrected chi connectivity index (χ2v) is 4.94. The molecule has 9 heteroatoms. The molecule has 0 bridgehead atoms. The summed E-state index contributed by atoms with van der Waals surface area (Å²) in [6.07, 6.45) is -4.70. The summed E-state index contributed by atoms with van der Waals surface area (Å²) in [7, 11) is 0. The highest BCUT2D eigenvalue weighted by molar-refractivity contribution is 6.30. The van der Waals surface area contributed by atoms with Crippen molar-refractivity contribution in [1.82, 2.24) is 0 Å². The molecule has 0 atom stereocenters. The van der Waals surface area contributed by atoms with Gasteiger partial charge in [-0.3, -0.25) is 0 Å². The Labute approximate surface area is 133 Å². The summed E-state index contributed by atoms with van der Waals surface area (Å²) in [5, 5.41) is 22.7. The van der Waals surface area contributed by atoms with E-state index in [0.717, 1.165) is 24.3 Å². The van der Waals surface area contributed by atoms with Crippen LogP contribution in [0.15, 0.2) is 36.4 Å². The number of amides is 2. The smallest absolute Gasteiger partial charge is 0.418 e. The summed E-state index contributed by atoms with van der Waals surface area (Å²) < 4.78 is 38.7. The lowest BCUT2D eigenvalue weighted by Gasteiger charge is -2.14. The largest absolute Gasteiger partial charge is 0.508 e. The van der Waals surface area contributed by atoms with Crippen molar-refractivity contribution in [1.29, 1.82) is 0 Å². The standard InChI is InChI=1S/C14H10ClF3N2O3/c15-7-1-2-12(11(3-7)14(16,17)18)20-13(23)19-8-4-9(21)6-10(22)5-8/h1-6,21-22H,(H2,19,20,23). The SMILES string of the molecule is O=C(Nc1cc(O)cc(O)c1)Nc1ccc(Cl)cc1C(F)(F)F. The number of benzene rings is 2. The molecule has 0 saturated heterocycles. The molecular formula is C14H10ClF3N2O3. The van der Waals surface area contributed by atoms with E-state index in [0.29, 0.717) is 6.07 Å². The number of halogens is 4. The fourth-order valence-corrected chi connectivity index (χ4v) is 1.98. The number of rotatable bonds is 2. The highest BCUT2D eigenvalue weighted by atomic mass is 35.5. The van der Waals surface area contributed by atoms with Gasteiger partial charge in [0.15, 0.2) is 0 Å². The van der Waals surface area contributed by atoms with Gasteiger partial charge >= 0.3 is 12.2 Å². The minimum Gasteiger partial charge on any atom is -0.508 e. The molecule has 0 heterocycles. The number of hydrogen-bond donors (Lipinski definition) is 4. The maximum absolute atomic E-state index is 12.9. The number of hydrogen-bond acceptors (Lipinski definition) is 3. The molecule has 0 fully saturated rings. The van der Waals surface area contributed by atoms with Gasteiger partial charge in [0.2, 0.25) is 0 Å².